The fourth-order valence-corrected chi connectivity index (χ4v) is 0.782. The van der Waals surface area contributed by atoms with Crippen molar-refractivity contribution < 1.29 is 0 Å². The molecule has 0 aliphatic heterocycles. The van der Waals surface area contributed by atoms with Crippen LogP contribution in [0.3, 0.4) is 0 Å². The molecule has 1 rings (SSSR count). The van der Waals surface area contributed by atoms with Gasteiger partial charge in [-0.3, -0.25) is 0 Å². The van der Waals surface area contributed by atoms with Crippen molar-refractivity contribution in [2.75, 3.05) is 0 Å². The molecule has 0 radical (unpaired) electrons. The van der Waals surface area contributed by atoms with Crippen molar-refractivity contribution >= 4 is 6.08 Å². The number of aromatic nitrogens is 2. The van der Waals surface area contributed by atoms with Crippen LogP contribution < -0.4 is 0 Å². The first-order valence-corrected chi connectivity index (χ1v) is 3.80. The second-order valence-electron chi connectivity index (χ2n) is 2.30. The molecule has 0 saturated heterocycles. The van der Waals surface area contributed by atoms with Crippen molar-refractivity contribution in [1.82, 2.24) is 9.97 Å². The van der Waals surface area contributed by atoms with Gasteiger partial charge in [0.15, 0.2) is 5.82 Å². The lowest BCUT2D eigenvalue weighted by Gasteiger charge is -1.94. The first-order chi connectivity index (χ1) is 5.36. The summed E-state index contributed by atoms with van der Waals surface area (Å²) in [4.78, 5) is 8.28. The van der Waals surface area contributed by atoms with E-state index in [1.54, 1.807) is 0 Å². The van der Waals surface area contributed by atoms with Crippen LogP contribution >= 0.6 is 0 Å². The summed E-state index contributed by atoms with van der Waals surface area (Å²) in [6, 6.07) is 0. The van der Waals surface area contributed by atoms with Crippen molar-refractivity contribution in [1.29, 1.82) is 0 Å². The van der Waals surface area contributed by atoms with E-state index >= 15 is 0 Å². The van der Waals surface area contributed by atoms with Crippen LogP contribution in [0.2, 0.25) is 0 Å². The molecule has 58 valence electrons. The van der Waals surface area contributed by atoms with Crippen LogP contribution in [0.15, 0.2) is 18.5 Å². The SMILES string of the molecule is C/C=C/c1ncc(CC)cn1. The van der Waals surface area contributed by atoms with Crippen LogP contribution in [0, 0.1) is 0 Å². The van der Waals surface area contributed by atoms with Crippen LogP contribution in [-0.2, 0) is 6.42 Å². The number of hydrogen-bond donors (Lipinski definition) is 0. The largest absolute Gasteiger partial charge is 0.237 e. The Hall–Kier alpha value is -1.18. The first-order valence-electron chi connectivity index (χ1n) is 3.80. The average Bonchev–Trinajstić information content (AvgIpc) is 2.07. The predicted molar refractivity (Wildman–Crippen MR) is 46.1 cm³/mol. The molecule has 0 atom stereocenters. The number of hydrogen-bond acceptors (Lipinski definition) is 2. The molecule has 0 aliphatic carbocycles. The van der Waals surface area contributed by atoms with E-state index in [-0.39, 0.29) is 0 Å². The van der Waals surface area contributed by atoms with Crippen molar-refractivity contribution in [3.8, 4) is 0 Å². The highest BCUT2D eigenvalue weighted by molar-refractivity contribution is 5.38. The van der Waals surface area contributed by atoms with Crippen LogP contribution in [0.4, 0.5) is 0 Å². The van der Waals surface area contributed by atoms with Crippen molar-refractivity contribution in [3.63, 3.8) is 0 Å². The van der Waals surface area contributed by atoms with Gasteiger partial charge in [-0.25, -0.2) is 9.97 Å². The van der Waals surface area contributed by atoms with Crippen LogP contribution in [-0.4, -0.2) is 9.97 Å². The quantitative estimate of drug-likeness (QED) is 0.641. The van der Waals surface area contributed by atoms with E-state index in [9.17, 15) is 0 Å². The Morgan fingerprint density at radius 1 is 1.36 bits per heavy atom. The molecule has 0 saturated carbocycles. The van der Waals surface area contributed by atoms with E-state index < -0.39 is 0 Å². The fraction of sp³-hybridized carbons (Fsp3) is 0.333. The van der Waals surface area contributed by atoms with E-state index in [0.29, 0.717) is 0 Å². The Labute approximate surface area is 67.0 Å². The molecule has 0 bridgehead atoms. The first kappa shape index (κ1) is 7.92. The summed E-state index contributed by atoms with van der Waals surface area (Å²) in [5, 5.41) is 0. The van der Waals surface area contributed by atoms with E-state index in [2.05, 4.69) is 16.9 Å². The minimum Gasteiger partial charge on any atom is -0.237 e. The Morgan fingerprint density at radius 2 is 2.00 bits per heavy atom. The highest BCUT2D eigenvalue weighted by Crippen LogP contribution is 1.97. The lowest BCUT2D eigenvalue weighted by molar-refractivity contribution is 1.03. The molecule has 2 nitrogen and oxygen atoms in total. The average molecular weight is 148 g/mol. The van der Waals surface area contributed by atoms with Gasteiger partial charge in [-0.15, -0.1) is 0 Å². The van der Waals surface area contributed by atoms with E-state index in [1.807, 2.05) is 31.5 Å². The van der Waals surface area contributed by atoms with Gasteiger partial charge in [-0.05, 0) is 25.0 Å². The lowest BCUT2D eigenvalue weighted by atomic mass is 10.3. The van der Waals surface area contributed by atoms with Crippen LogP contribution in [0.5, 0.6) is 0 Å². The van der Waals surface area contributed by atoms with Crippen molar-refractivity contribution in [2.45, 2.75) is 20.3 Å². The fourth-order valence-electron chi connectivity index (χ4n) is 0.782. The summed E-state index contributed by atoms with van der Waals surface area (Å²) in [6.45, 7) is 4.05. The maximum absolute atomic E-state index is 4.14. The van der Waals surface area contributed by atoms with Crippen LogP contribution in [0.1, 0.15) is 25.2 Å². The van der Waals surface area contributed by atoms with Gasteiger partial charge in [-0.1, -0.05) is 13.0 Å². The standard InChI is InChI=1S/C9H12N2/c1-3-5-9-10-6-8(4-2)7-11-9/h3,5-7H,4H2,1-2H3/b5-3+. The summed E-state index contributed by atoms with van der Waals surface area (Å²) in [5.74, 6) is 0.782. The molecule has 0 N–H and O–H groups in total. The molecule has 0 unspecified atom stereocenters. The van der Waals surface area contributed by atoms with Gasteiger partial charge in [0.05, 0.1) is 0 Å². The van der Waals surface area contributed by atoms with Crippen molar-refractivity contribution in [2.24, 2.45) is 0 Å². The van der Waals surface area contributed by atoms with Gasteiger partial charge < -0.3 is 0 Å². The summed E-state index contributed by atoms with van der Waals surface area (Å²) in [6.07, 6.45) is 8.54. The molecular weight excluding hydrogens is 136 g/mol. The van der Waals surface area contributed by atoms with Gasteiger partial charge >= 0.3 is 0 Å². The Morgan fingerprint density at radius 3 is 2.45 bits per heavy atom. The maximum atomic E-state index is 4.14. The van der Waals surface area contributed by atoms with Gasteiger partial charge in [0.2, 0.25) is 0 Å². The Kier molecular flexibility index (Phi) is 2.78. The Bertz CT molecular complexity index is 236. The molecule has 1 aromatic heterocycles. The van der Waals surface area contributed by atoms with Crippen LogP contribution in [0.25, 0.3) is 6.08 Å². The molecule has 0 fully saturated rings. The molecular formula is C9H12N2. The molecule has 2 heteroatoms. The smallest absolute Gasteiger partial charge is 0.151 e. The van der Waals surface area contributed by atoms with E-state index in [0.717, 1.165) is 12.2 Å². The minimum atomic E-state index is 0.782. The summed E-state index contributed by atoms with van der Waals surface area (Å²) < 4.78 is 0. The number of nitrogens with zero attached hydrogens (tertiary/aromatic N) is 2. The third kappa shape index (κ3) is 2.15. The van der Waals surface area contributed by atoms with Gasteiger partial charge in [0.25, 0.3) is 0 Å². The molecule has 1 aromatic rings. The summed E-state index contributed by atoms with van der Waals surface area (Å²) in [5.41, 5.74) is 1.18. The van der Waals surface area contributed by atoms with Gasteiger partial charge in [0, 0.05) is 12.4 Å². The highest BCUT2D eigenvalue weighted by Gasteiger charge is 1.89. The zero-order chi connectivity index (χ0) is 8.10. The normalized spacial score (nSPS) is 10.7. The molecule has 0 aromatic carbocycles. The van der Waals surface area contributed by atoms with E-state index in [1.165, 1.54) is 5.56 Å². The number of aryl methyl sites for hydroxylation is 1. The zero-order valence-electron chi connectivity index (χ0n) is 6.91. The second-order valence-corrected chi connectivity index (χ2v) is 2.30. The zero-order valence-corrected chi connectivity index (χ0v) is 6.91. The molecule has 0 aliphatic rings. The maximum Gasteiger partial charge on any atom is 0.151 e. The predicted octanol–water partition coefficient (Wildman–Crippen LogP) is 2.07. The molecule has 1 heterocycles. The molecule has 0 amide bonds. The minimum absolute atomic E-state index is 0.782. The second kappa shape index (κ2) is 3.86. The monoisotopic (exact) mass is 148 g/mol. The number of allylic oxidation sites excluding steroid dienone is 1. The number of rotatable bonds is 2. The van der Waals surface area contributed by atoms with E-state index in [4.69, 9.17) is 0 Å². The summed E-state index contributed by atoms with van der Waals surface area (Å²) in [7, 11) is 0. The summed E-state index contributed by atoms with van der Waals surface area (Å²) >= 11 is 0. The third-order valence-corrected chi connectivity index (χ3v) is 1.45. The van der Waals surface area contributed by atoms with Gasteiger partial charge in [0.1, 0.15) is 0 Å². The highest BCUT2D eigenvalue weighted by atomic mass is 14.8. The Balaban J connectivity index is 2.82. The molecule has 11 heavy (non-hydrogen) atoms. The third-order valence-electron chi connectivity index (χ3n) is 1.45. The van der Waals surface area contributed by atoms with Gasteiger partial charge in [-0.2, -0.15) is 0 Å². The topological polar surface area (TPSA) is 25.8 Å². The molecule has 0 spiro atoms. The van der Waals surface area contributed by atoms with Crippen molar-refractivity contribution in [3.05, 3.63) is 29.9 Å². The lowest BCUT2D eigenvalue weighted by Crippen LogP contribution is -1.89.